The van der Waals surface area contributed by atoms with E-state index in [1.807, 2.05) is 0 Å². The largest absolute Gasteiger partial charge is 0.496 e. The zero-order chi connectivity index (χ0) is 27.2. The Morgan fingerprint density at radius 1 is 1.11 bits per heavy atom. The Kier molecular flexibility index (Phi) is 9.16. The van der Waals surface area contributed by atoms with Gasteiger partial charge in [0.15, 0.2) is 0 Å². The van der Waals surface area contributed by atoms with E-state index >= 15 is 0 Å². The first-order valence-corrected chi connectivity index (χ1v) is 13.6. The lowest BCUT2D eigenvalue weighted by molar-refractivity contribution is -0.137. The number of halogens is 4. The van der Waals surface area contributed by atoms with Gasteiger partial charge >= 0.3 is 6.18 Å². The maximum absolute atomic E-state index is 13.6. The van der Waals surface area contributed by atoms with Crippen LogP contribution in [0.3, 0.4) is 0 Å². The Balaban J connectivity index is 1.81. The molecule has 1 amide bonds. The average Bonchev–Trinajstić information content (AvgIpc) is 2.84. The van der Waals surface area contributed by atoms with E-state index in [1.54, 1.807) is 6.07 Å². The van der Waals surface area contributed by atoms with Crippen LogP contribution in [-0.2, 0) is 22.7 Å². The van der Waals surface area contributed by atoms with Crippen LogP contribution >= 0.6 is 11.8 Å². The number of ether oxygens (including phenoxy) is 1. The van der Waals surface area contributed by atoms with E-state index in [2.05, 4.69) is 15.0 Å². The predicted molar refractivity (Wildman–Crippen MR) is 132 cm³/mol. The highest BCUT2D eigenvalue weighted by Crippen LogP contribution is 2.34. The van der Waals surface area contributed by atoms with Gasteiger partial charge in [-0.1, -0.05) is 0 Å². The molecule has 0 unspecified atom stereocenters. The predicted octanol–water partition coefficient (Wildman–Crippen LogP) is 4.49. The molecule has 0 aliphatic heterocycles. The van der Waals surface area contributed by atoms with Gasteiger partial charge in [0.25, 0.3) is 5.91 Å². The van der Waals surface area contributed by atoms with Gasteiger partial charge in [0.2, 0.25) is 10.0 Å². The minimum Gasteiger partial charge on any atom is -0.496 e. The zero-order valence-electron chi connectivity index (χ0n) is 19.7. The normalized spacial score (nSPS) is 11.8. The lowest BCUT2D eigenvalue weighted by Gasteiger charge is -2.15. The third kappa shape index (κ3) is 8.17. The summed E-state index contributed by atoms with van der Waals surface area (Å²) in [5.41, 5.74) is 0.478. The van der Waals surface area contributed by atoms with Crippen molar-refractivity contribution in [3.8, 4) is 16.9 Å². The molecule has 7 nitrogen and oxygen atoms in total. The molecule has 0 saturated carbocycles. The van der Waals surface area contributed by atoms with E-state index in [9.17, 15) is 30.8 Å². The highest BCUT2D eigenvalue weighted by atomic mass is 32.2. The van der Waals surface area contributed by atoms with E-state index in [-0.39, 0.29) is 35.1 Å². The van der Waals surface area contributed by atoms with Crippen LogP contribution in [0.15, 0.2) is 59.8 Å². The number of pyridine rings is 1. The Labute approximate surface area is 215 Å². The number of aromatic nitrogens is 1. The number of sulfonamides is 1. The smallest absolute Gasteiger partial charge is 0.416 e. The Hall–Kier alpha value is -3.16. The number of nitrogens with one attached hydrogen (secondary N) is 2. The van der Waals surface area contributed by atoms with Gasteiger partial charge in [0, 0.05) is 53.3 Å². The Bertz CT molecular complexity index is 1380. The van der Waals surface area contributed by atoms with Crippen LogP contribution in [0.1, 0.15) is 21.5 Å². The fourth-order valence-electron chi connectivity index (χ4n) is 3.37. The van der Waals surface area contributed by atoms with Gasteiger partial charge in [0.1, 0.15) is 11.6 Å². The van der Waals surface area contributed by atoms with Crippen molar-refractivity contribution in [2.45, 2.75) is 17.6 Å². The summed E-state index contributed by atoms with van der Waals surface area (Å²) in [6.07, 6.45) is -0.713. The van der Waals surface area contributed by atoms with Crippen LogP contribution in [0.4, 0.5) is 17.6 Å². The minimum atomic E-state index is -4.69. The molecule has 0 radical (unpaired) electrons. The van der Waals surface area contributed by atoms with Gasteiger partial charge in [-0.25, -0.2) is 17.5 Å². The summed E-state index contributed by atoms with van der Waals surface area (Å²) in [6.45, 7) is -0.0581. The molecule has 0 fully saturated rings. The molecule has 3 rings (SSSR count). The molecule has 1 aromatic heterocycles. The highest BCUT2D eigenvalue weighted by Gasteiger charge is 2.32. The number of amides is 1. The van der Waals surface area contributed by atoms with Crippen molar-refractivity contribution >= 4 is 27.7 Å². The molecule has 0 atom stereocenters. The van der Waals surface area contributed by atoms with Crippen molar-refractivity contribution in [2.24, 2.45) is 0 Å². The van der Waals surface area contributed by atoms with Crippen molar-refractivity contribution in [1.82, 2.24) is 15.0 Å². The van der Waals surface area contributed by atoms with Crippen LogP contribution in [0.5, 0.6) is 5.75 Å². The molecule has 37 heavy (non-hydrogen) atoms. The standard InChI is InChI=1S/C24H23F4N3O4S2/c1-35-22-12-18(25)3-4-21(22)20-5-6-29-13-16(20)14-30-23(32)15-9-17(24(26,27)28)11-19(10-15)36-8-7-31-37(2,33)34/h3-6,9-13,31H,7-8,14H2,1-2H3,(H,30,32). The number of carbonyl (C=O) groups excluding carboxylic acids is 1. The number of alkyl halides is 3. The molecule has 1 heterocycles. The van der Waals surface area contributed by atoms with E-state index in [0.29, 0.717) is 16.7 Å². The number of nitrogens with zero attached hydrogens (tertiary/aromatic N) is 1. The highest BCUT2D eigenvalue weighted by molar-refractivity contribution is 7.99. The number of hydrogen-bond acceptors (Lipinski definition) is 6. The molecule has 2 aromatic carbocycles. The van der Waals surface area contributed by atoms with E-state index in [4.69, 9.17) is 4.74 Å². The molecule has 0 bridgehead atoms. The summed E-state index contributed by atoms with van der Waals surface area (Å²) >= 11 is 0.981. The summed E-state index contributed by atoms with van der Waals surface area (Å²) in [7, 11) is -2.04. The number of hydrogen-bond donors (Lipinski definition) is 2. The first kappa shape index (κ1) is 28.4. The summed E-state index contributed by atoms with van der Waals surface area (Å²) in [4.78, 5) is 17.1. The number of rotatable bonds is 10. The molecule has 0 aliphatic carbocycles. The van der Waals surface area contributed by atoms with Gasteiger partial charge in [-0.3, -0.25) is 9.78 Å². The van der Waals surface area contributed by atoms with Crippen LogP contribution in [0.25, 0.3) is 11.1 Å². The topological polar surface area (TPSA) is 97.4 Å². The molecule has 0 saturated heterocycles. The average molecular weight is 558 g/mol. The molecule has 3 aromatic rings. The lowest BCUT2D eigenvalue weighted by atomic mass is 10.0. The Morgan fingerprint density at radius 3 is 2.54 bits per heavy atom. The zero-order valence-corrected chi connectivity index (χ0v) is 21.4. The monoisotopic (exact) mass is 557 g/mol. The summed E-state index contributed by atoms with van der Waals surface area (Å²) < 4.78 is 83.9. The molecule has 198 valence electrons. The second kappa shape index (κ2) is 11.9. The van der Waals surface area contributed by atoms with Crippen LogP contribution in [0.2, 0.25) is 0 Å². The van der Waals surface area contributed by atoms with E-state index < -0.39 is 33.5 Å². The maximum atomic E-state index is 13.6. The van der Waals surface area contributed by atoms with Crippen LogP contribution in [-0.4, -0.2) is 45.0 Å². The fraction of sp³-hybridized carbons (Fsp3) is 0.250. The van der Waals surface area contributed by atoms with Gasteiger partial charge in [-0.2, -0.15) is 13.2 Å². The summed E-state index contributed by atoms with van der Waals surface area (Å²) in [6, 6.07) is 8.61. The molecular weight excluding hydrogens is 534 g/mol. The van der Waals surface area contributed by atoms with Gasteiger partial charge in [0.05, 0.1) is 18.9 Å². The van der Waals surface area contributed by atoms with Crippen molar-refractivity contribution < 1.29 is 35.5 Å². The first-order valence-electron chi connectivity index (χ1n) is 10.7. The first-order chi connectivity index (χ1) is 17.4. The van der Waals surface area contributed by atoms with Gasteiger partial charge in [-0.05, 0) is 47.5 Å². The van der Waals surface area contributed by atoms with E-state index in [0.717, 1.165) is 30.2 Å². The maximum Gasteiger partial charge on any atom is 0.416 e. The van der Waals surface area contributed by atoms with Gasteiger partial charge < -0.3 is 10.1 Å². The van der Waals surface area contributed by atoms with Crippen molar-refractivity contribution in [3.05, 3.63) is 77.4 Å². The third-order valence-electron chi connectivity index (χ3n) is 5.03. The second-order valence-corrected chi connectivity index (χ2v) is 10.8. The Morgan fingerprint density at radius 2 is 1.86 bits per heavy atom. The van der Waals surface area contributed by atoms with Crippen molar-refractivity contribution in [3.63, 3.8) is 0 Å². The summed E-state index contributed by atoms with van der Waals surface area (Å²) in [5, 5.41) is 2.61. The molecular formula is C24H23F4N3O4S2. The van der Waals surface area contributed by atoms with E-state index in [1.165, 1.54) is 43.8 Å². The number of thioether (sulfide) groups is 1. The number of carbonyl (C=O) groups is 1. The third-order valence-corrected chi connectivity index (χ3v) is 6.73. The molecule has 2 N–H and O–H groups in total. The van der Waals surface area contributed by atoms with Crippen LogP contribution < -0.4 is 14.8 Å². The SMILES string of the molecule is COc1cc(F)ccc1-c1ccncc1CNC(=O)c1cc(SCCNS(C)(=O)=O)cc(C(F)(F)F)c1. The van der Waals surface area contributed by atoms with Crippen LogP contribution in [0, 0.1) is 5.82 Å². The molecule has 13 heteroatoms. The van der Waals surface area contributed by atoms with Crippen molar-refractivity contribution in [2.75, 3.05) is 25.7 Å². The second-order valence-electron chi connectivity index (χ2n) is 7.82. The fourth-order valence-corrected chi connectivity index (χ4v) is 4.83. The summed E-state index contributed by atoms with van der Waals surface area (Å²) in [5.74, 6) is -0.810. The quantitative estimate of drug-likeness (QED) is 0.217. The number of methoxy groups -OCH3 is 1. The van der Waals surface area contributed by atoms with Crippen molar-refractivity contribution in [1.29, 1.82) is 0 Å². The van der Waals surface area contributed by atoms with Gasteiger partial charge in [-0.15, -0.1) is 11.8 Å². The molecule has 0 spiro atoms. The lowest BCUT2D eigenvalue weighted by Crippen LogP contribution is -2.24. The molecule has 0 aliphatic rings. The minimum absolute atomic E-state index is 0.0118. The number of benzene rings is 2.